The molecule has 21 heavy (non-hydrogen) atoms. The zero-order valence-electron chi connectivity index (χ0n) is 12.5. The van der Waals surface area contributed by atoms with Crippen molar-refractivity contribution in [3.63, 3.8) is 0 Å². The van der Waals surface area contributed by atoms with Gasteiger partial charge in [-0.3, -0.25) is 5.32 Å². The summed E-state index contributed by atoms with van der Waals surface area (Å²) < 4.78 is 10.5. The number of benzene rings is 1. The van der Waals surface area contributed by atoms with Crippen LogP contribution in [-0.4, -0.2) is 11.7 Å². The predicted octanol–water partition coefficient (Wildman–Crippen LogP) is 4.04. The summed E-state index contributed by atoms with van der Waals surface area (Å²) in [7, 11) is 0. The molecule has 6 N–H and O–H groups in total. The molecule has 1 heterocycles. The van der Waals surface area contributed by atoms with E-state index in [1.165, 1.54) is 0 Å². The standard InChI is InChI=1S/C15H18N2O3.H3N/c1-15(2,3)20-14(18)17-12-7-6-10(9-11(12)16)13-5-4-8-19-13;/h4-9H,16H2,1-3H3,(H,17,18);1H3. The molecule has 6 heteroatoms. The van der Waals surface area contributed by atoms with Crippen LogP contribution in [0.5, 0.6) is 0 Å². The molecule has 0 atom stereocenters. The molecule has 0 aliphatic heterocycles. The molecule has 0 fully saturated rings. The maximum Gasteiger partial charge on any atom is 0.412 e. The number of amides is 1. The number of nitrogens with one attached hydrogen (secondary N) is 1. The molecular weight excluding hydrogens is 270 g/mol. The number of hydrogen-bond donors (Lipinski definition) is 3. The molecule has 0 radical (unpaired) electrons. The largest absolute Gasteiger partial charge is 0.464 e. The normalized spacial score (nSPS) is 10.6. The number of hydrogen-bond acceptors (Lipinski definition) is 5. The summed E-state index contributed by atoms with van der Waals surface area (Å²) >= 11 is 0. The van der Waals surface area contributed by atoms with Crippen LogP contribution in [0.25, 0.3) is 11.3 Å². The number of rotatable bonds is 2. The van der Waals surface area contributed by atoms with Gasteiger partial charge in [-0.25, -0.2) is 4.79 Å². The van der Waals surface area contributed by atoms with Crippen molar-refractivity contribution in [1.29, 1.82) is 0 Å². The molecule has 0 saturated carbocycles. The zero-order valence-corrected chi connectivity index (χ0v) is 12.5. The Kier molecular flexibility index (Phi) is 4.99. The quantitative estimate of drug-likeness (QED) is 0.723. The number of carbonyl (C=O) groups is 1. The molecule has 0 aliphatic carbocycles. The van der Waals surface area contributed by atoms with Gasteiger partial charge in [0.15, 0.2) is 0 Å². The zero-order chi connectivity index (χ0) is 14.8. The summed E-state index contributed by atoms with van der Waals surface area (Å²) in [5, 5.41) is 2.62. The van der Waals surface area contributed by atoms with E-state index >= 15 is 0 Å². The number of anilines is 2. The van der Waals surface area contributed by atoms with Crippen molar-refractivity contribution in [2.24, 2.45) is 0 Å². The number of nitrogens with two attached hydrogens (primary N) is 1. The van der Waals surface area contributed by atoms with E-state index in [4.69, 9.17) is 14.9 Å². The molecular formula is C15H21N3O3. The van der Waals surface area contributed by atoms with E-state index in [9.17, 15) is 4.79 Å². The van der Waals surface area contributed by atoms with Crippen LogP contribution in [0.15, 0.2) is 41.0 Å². The second-order valence-corrected chi connectivity index (χ2v) is 5.41. The van der Waals surface area contributed by atoms with Gasteiger partial charge in [0.1, 0.15) is 11.4 Å². The first kappa shape index (κ1) is 16.6. The van der Waals surface area contributed by atoms with E-state index in [2.05, 4.69) is 5.32 Å². The Hall–Kier alpha value is -2.47. The molecule has 0 unspecified atom stereocenters. The fourth-order valence-electron chi connectivity index (χ4n) is 1.69. The fraction of sp³-hybridized carbons (Fsp3) is 0.267. The van der Waals surface area contributed by atoms with Gasteiger partial charge >= 0.3 is 6.09 Å². The topological polar surface area (TPSA) is 112 Å². The van der Waals surface area contributed by atoms with Crippen molar-refractivity contribution in [2.45, 2.75) is 26.4 Å². The number of nitrogen functional groups attached to an aromatic ring is 1. The first-order valence-electron chi connectivity index (χ1n) is 6.28. The van der Waals surface area contributed by atoms with Crippen LogP contribution in [0.4, 0.5) is 16.2 Å². The molecule has 1 aromatic carbocycles. The second kappa shape index (κ2) is 6.32. The summed E-state index contributed by atoms with van der Waals surface area (Å²) in [5.74, 6) is 0.723. The maximum absolute atomic E-state index is 11.7. The molecule has 114 valence electrons. The lowest BCUT2D eigenvalue weighted by atomic mass is 10.1. The molecule has 0 aliphatic rings. The number of carbonyl (C=O) groups excluding carboxylic acids is 1. The van der Waals surface area contributed by atoms with E-state index in [0.717, 1.165) is 11.3 Å². The average Bonchev–Trinajstić information content (AvgIpc) is 2.82. The van der Waals surface area contributed by atoms with Gasteiger partial charge in [-0.2, -0.15) is 0 Å². The molecule has 2 aromatic rings. The minimum atomic E-state index is -0.549. The first-order chi connectivity index (χ1) is 9.35. The third-order valence-electron chi connectivity index (χ3n) is 2.49. The Bertz CT molecular complexity index is 601. The maximum atomic E-state index is 11.7. The second-order valence-electron chi connectivity index (χ2n) is 5.41. The highest BCUT2D eigenvalue weighted by Gasteiger charge is 2.17. The van der Waals surface area contributed by atoms with Crippen LogP contribution in [0.1, 0.15) is 20.8 Å². The van der Waals surface area contributed by atoms with Crippen molar-refractivity contribution in [3.05, 3.63) is 36.6 Å². The molecule has 1 aromatic heterocycles. The van der Waals surface area contributed by atoms with Crippen LogP contribution in [0.2, 0.25) is 0 Å². The lowest BCUT2D eigenvalue weighted by Crippen LogP contribution is -2.27. The van der Waals surface area contributed by atoms with E-state index in [-0.39, 0.29) is 6.15 Å². The Morgan fingerprint density at radius 1 is 1.29 bits per heavy atom. The summed E-state index contributed by atoms with van der Waals surface area (Å²) in [6.45, 7) is 5.40. The van der Waals surface area contributed by atoms with Gasteiger partial charge in [0, 0.05) is 5.56 Å². The van der Waals surface area contributed by atoms with Crippen molar-refractivity contribution in [2.75, 3.05) is 11.1 Å². The van der Waals surface area contributed by atoms with Gasteiger partial charge in [-0.05, 0) is 51.1 Å². The Morgan fingerprint density at radius 3 is 2.52 bits per heavy atom. The third kappa shape index (κ3) is 4.54. The SMILES string of the molecule is CC(C)(C)OC(=O)Nc1ccc(-c2ccco2)cc1N.N. The van der Waals surface area contributed by atoms with E-state index in [1.807, 2.05) is 12.1 Å². The van der Waals surface area contributed by atoms with Gasteiger partial charge in [-0.15, -0.1) is 0 Å². The van der Waals surface area contributed by atoms with Crippen LogP contribution in [0.3, 0.4) is 0 Å². The Morgan fingerprint density at radius 2 is 2.00 bits per heavy atom. The summed E-state index contributed by atoms with van der Waals surface area (Å²) in [6, 6.07) is 8.93. The fourth-order valence-corrected chi connectivity index (χ4v) is 1.69. The van der Waals surface area contributed by atoms with Gasteiger partial charge in [0.05, 0.1) is 17.6 Å². The minimum absolute atomic E-state index is 0. The van der Waals surface area contributed by atoms with Crippen LogP contribution < -0.4 is 17.2 Å². The molecule has 0 saturated heterocycles. The molecule has 2 rings (SSSR count). The molecule has 6 nitrogen and oxygen atoms in total. The van der Waals surface area contributed by atoms with Crippen molar-refractivity contribution >= 4 is 17.5 Å². The highest BCUT2D eigenvalue weighted by molar-refractivity contribution is 5.90. The van der Waals surface area contributed by atoms with Crippen LogP contribution in [-0.2, 0) is 4.74 Å². The third-order valence-corrected chi connectivity index (χ3v) is 2.49. The Labute approximate surface area is 123 Å². The van der Waals surface area contributed by atoms with Crippen LogP contribution in [0, 0.1) is 0 Å². The number of ether oxygens (including phenoxy) is 1. The van der Waals surface area contributed by atoms with E-state index in [1.54, 1.807) is 45.2 Å². The van der Waals surface area contributed by atoms with Gasteiger partial charge < -0.3 is 21.0 Å². The van der Waals surface area contributed by atoms with E-state index in [0.29, 0.717) is 11.4 Å². The monoisotopic (exact) mass is 291 g/mol. The molecule has 1 amide bonds. The Balaban J connectivity index is 0.00000220. The lowest BCUT2D eigenvalue weighted by molar-refractivity contribution is 0.0636. The first-order valence-corrected chi connectivity index (χ1v) is 6.28. The highest BCUT2D eigenvalue weighted by Crippen LogP contribution is 2.27. The van der Waals surface area contributed by atoms with Crippen LogP contribution >= 0.6 is 0 Å². The van der Waals surface area contributed by atoms with E-state index < -0.39 is 11.7 Å². The van der Waals surface area contributed by atoms with Gasteiger partial charge in [-0.1, -0.05) is 0 Å². The molecule has 0 spiro atoms. The van der Waals surface area contributed by atoms with Crippen molar-refractivity contribution < 1.29 is 13.9 Å². The highest BCUT2D eigenvalue weighted by atomic mass is 16.6. The summed E-state index contributed by atoms with van der Waals surface area (Å²) in [4.78, 5) is 11.7. The minimum Gasteiger partial charge on any atom is -0.464 e. The van der Waals surface area contributed by atoms with Crippen molar-refractivity contribution in [1.82, 2.24) is 6.15 Å². The average molecular weight is 291 g/mol. The smallest absolute Gasteiger partial charge is 0.412 e. The summed E-state index contributed by atoms with van der Waals surface area (Å²) in [5.41, 5.74) is 7.19. The van der Waals surface area contributed by atoms with Crippen molar-refractivity contribution in [3.8, 4) is 11.3 Å². The molecule has 0 bridgehead atoms. The predicted molar refractivity (Wildman–Crippen MR) is 83.4 cm³/mol. The number of furan rings is 1. The summed E-state index contributed by atoms with van der Waals surface area (Å²) in [6.07, 6.45) is 1.06. The van der Waals surface area contributed by atoms with Gasteiger partial charge in [0.2, 0.25) is 0 Å². The van der Waals surface area contributed by atoms with Gasteiger partial charge in [0.25, 0.3) is 0 Å². The lowest BCUT2D eigenvalue weighted by Gasteiger charge is -2.20.